The van der Waals surface area contributed by atoms with Crippen molar-refractivity contribution >= 4 is 21.4 Å². The molecule has 1 amide bonds. The lowest BCUT2D eigenvalue weighted by Gasteiger charge is -2.25. The number of carbonyl (C=O) groups is 1. The number of nitrogens with one attached hydrogen (secondary N) is 1. The second kappa shape index (κ2) is 6.47. The summed E-state index contributed by atoms with van der Waals surface area (Å²) < 4.78 is 23.2. The molecule has 1 saturated heterocycles. The van der Waals surface area contributed by atoms with Crippen LogP contribution in [-0.2, 0) is 9.84 Å². The molecule has 0 spiro atoms. The first-order valence-electron chi connectivity index (χ1n) is 8.15. The number of rotatable bonds is 4. The van der Waals surface area contributed by atoms with Crippen molar-refractivity contribution in [3.63, 3.8) is 0 Å². The van der Waals surface area contributed by atoms with E-state index in [1.165, 1.54) is 12.8 Å². The van der Waals surface area contributed by atoms with Crippen molar-refractivity contribution in [1.29, 1.82) is 0 Å². The van der Waals surface area contributed by atoms with Crippen molar-refractivity contribution in [2.45, 2.75) is 44.2 Å². The van der Waals surface area contributed by atoms with Gasteiger partial charge in [-0.05, 0) is 31.4 Å². The molecule has 23 heavy (non-hydrogen) atoms. The fourth-order valence-corrected chi connectivity index (χ4v) is 5.12. The van der Waals surface area contributed by atoms with Crippen molar-refractivity contribution in [2.75, 3.05) is 23.5 Å². The molecular formula is C16H23N3O3S. The Morgan fingerprint density at radius 2 is 2.00 bits per heavy atom. The number of aromatic nitrogens is 1. The van der Waals surface area contributed by atoms with Gasteiger partial charge in [0.15, 0.2) is 9.84 Å². The number of nitrogens with zero attached hydrogens (tertiary/aromatic N) is 2. The van der Waals surface area contributed by atoms with Gasteiger partial charge in [-0.15, -0.1) is 0 Å². The fourth-order valence-electron chi connectivity index (χ4n) is 3.35. The first-order chi connectivity index (χ1) is 10.9. The van der Waals surface area contributed by atoms with E-state index in [9.17, 15) is 13.2 Å². The van der Waals surface area contributed by atoms with Crippen LogP contribution >= 0.6 is 0 Å². The number of carbonyl (C=O) groups excluding carboxylic acids is 1. The normalized spacial score (nSPS) is 23.8. The predicted molar refractivity (Wildman–Crippen MR) is 89.4 cm³/mol. The maximum absolute atomic E-state index is 12.2. The fraction of sp³-hybridized carbons (Fsp3) is 0.625. The summed E-state index contributed by atoms with van der Waals surface area (Å²) in [6.45, 7) is 0. The number of hydrogen-bond acceptors (Lipinski definition) is 5. The molecule has 1 atom stereocenters. The van der Waals surface area contributed by atoms with Gasteiger partial charge in [0.2, 0.25) is 0 Å². The Morgan fingerprint density at radius 1 is 1.26 bits per heavy atom. The molecule has 1 aromatic rings. The standard InChI is InChI=1S/C16H23N3O3S/c1-19(14-8-9-23(21,22)11-14)13-6-7-15(17-10-13)16(20)18-12-4-2-3-5-12/h6-7,10,12,14H,2-5,8-9,11H2,1H3,(H,18,20). The molecule has 0 aromatic carbocycles. The molecular weight excluding hydrogens is 314 g/mol. The molecule has 6 nitrogen and oxygen atoms in total. The van der Waals surface area contributed by atoms with Crippen molar-refractivity contribution in [1.82, 2.24) is 10.3 Å². The van der Waals surface area contributed by atoms with Gasteiger partial charge in [0.05, 0.1) is 23.4 Å². The van der Waals surface area contributed by atoms with Crippen LogP contribution in [0.3, 0.4) is 0 Å². The Bertz CT molecular complexity index is 666. The van der Waals surface area contributed by atoms with E-state index in [1.807, 2.05) is 18.0 Å². The molecule has 2 aliphatic rings. The minimum Gasteiger partial charge on any atom is -0.369 e. The largest absolute Gasteiger partial charge is 0.369 e. The molecule has 2 fully saturated rings. The highest BCUT2D eigenvalue weighted by Crippen LogP contribution is 2.22. The molecule has 0 radical (unpaired) electrons. The zero-order valence-corrected chi connectivity index (χ0v) is 14.2. The molecule has 1 aliphatic carbocycles. The zero-order valence-electron chi connectivity index (χ0n) is 13.4. The van der Waals surface area contributed by atoms with Gasteiger partial charge in [0, 0.05) is 19.1 Å². The van der Waals surface area contributed by atoms with E-state index in [4.69, 9.17) is 0 Å². The maximum atomic E-state index is 12.2. The average molecular weight is 337 g/mol. The van der Waals surface area contributed by atoms with Crippen LogP contribution in [0.4, 0.5) is 5.69 Å². The first-order valence-corrected chi connectivity index (χ1v) is 9.97. The molecule has 1 N–H and O–H groups in total. The molecule has 0 bridgehead atoms. The molecule has 1 aromatic heterocycles. The van der Waals surface area contributed by atoms with E-state index in [1.54, 1.807) is 12.3 Å². The van der Waals surface area contributed by atoms with Crippen LogP contribution in [-0.4, -0.2) is 49.9 Å². The quantitative estimate of drug-likeness (QED) is 0.898. The highest BCUT2D eigenvalue weighted by molar-refractivity contribution is 7.91. The SMILES string of the molecule is CN(c1ccc(C(=O)NC2CCCC2)nc1)C1CCS(=O)(=O)C1. The van der Waals surface area contributed by atoms with Crippen molar-refractivity contribution in [3.8, 4) is 0 Å². The number of anilines is 1. The van der Waals surface area contributed by atoms with Crippen molar-refractivity contribution in [3.05, 3.63) is 24.0 Å². The monoisotopic (exact) mass is 337 g/mol. The van der Waals surface area contributed by atoms with Gasteiger partial charge in [-0.2, -0.15) is 0 Å². The van der Waals surface area contributed by atoms with E-state index in [0.29, 0.717) is 12.1 Å². The summed E-state index contributed by atoms with van der Waals surface area (Å²) in [5.74, 6) is 0.305. The lowest BCUT2D eigenvalue weighted by Crippen LogP contribution is -2.34. The lowest BCUT2D eigenvalue weighted by atomic mass is 10.2. The highest BCUT2D eigenvalue weighted by atomic mass is 32.2. The van der Waals surface area contributed by atoms with Gasteiger partial charge in [-0.3, -0.25) is 4.79 Å². The minimum atomic E-state index is -2.91. The topological polar surface area (TPSA) is 79.4 Å². The molecule has 2 heterocycles. The maximum Gasteiger partial charge on any atom is 0.270 e. The third-order valence-electron chi connectivity index (χ3n) is 4.83. The molecule has 1 unspecified atom stereocenters. The summed E-state index contributed by atoms with van der Waals surface area (Å²) in [6, 6.07) is 3.80. The van der Waals surface area contributed by atoms with Crippen LogP contribution in [0.1, 0.15) is 42.6 Å². The summed E-state index contributed by atoms with van der Waals surface area (Å²) in [5, 5.41) is 3.02. The molecule has 126 valence electrons. The molecule has 1 aliphatic heterocycles. The lowest BCUT2D eigenvalue weighted by molar-refractivity contribution is 0.0933. The van der Waals surface area contributed by atoms with Gasteiger partial charge in [0.25, 0.3) is 5.91 Å². The van der Waals surface area contributed by atoms with Crippen LogP contribution in [0.25, 0.3) is 0 Å². The minimum absolute atomic E-state index is 0.0139. The molecule has 7 heteroatoms. The second-order valence-electron chi connectivity index (χ2n) is 6.52. The molecule has 1 saturated carbocycles. The van der Waals surface area contributed by atoms with Gasteiger partial charge >= 0.3 is 0 Å². The van der Waals surface area contributed by atoms with Gasteiger partial charge in [-0.1, -0.05) is 12.8 Å². The Balaban J connectivity index is 1.63. The van der Waals surface area contributed by atoms with E-state index in [0.717, 1.165) is 18.5 Å². The zero-order chi connectivity index (χ0) is 16.4. The summed E-state index contributed by atoms with van der Waals surface area (Å²) in [5.41, 5.74) is 1.25. The van der Waals surface area contributed by atoms with E-state index >= 15 is 0 Å². The molecule has 3 rings (SSSR count). The van der Waals surface area contributed by atoms with Gasteiger partial charge in [0.1, 0.15) is 5.69 Å². The van der Waals surface area contributed by atoms with Crippen LogP contribution in [0, 0.1) is 0 Å². The van der Waals surface area contributed by atoms with E-state index < -0.39 is 9.84 Å². The Kier molecular flexibility index (Phi) is 4.57. The number of amides is 1. The predicted octanol–water partition coefficient (Wildman–Crippen LogP) is 1.38. The van der Waals surface area contributed by atoms with Gasteiger partial charge < -0.3 is 10.2 Å². The van der Waals surface area contributed by atoms with Gasteiger partial charge in [-0.25, -0.2) is 13.4 Å². The first kappa shape index (κ1) is 16.2. The second-order valence-corrected chi connectivity index (χ2v) is 8.75. The van der Waals surface area contributed by atoms with Crippen molar-refractivity contribution in [2.24, 2.45) is 0 Å². The summed E-state index contributed by atoms with van der Waals surface area (Å²) in [6.07, 6.45) is 6.72. The number of sulfone groups is 1. The third kappa shape index (κ3) is 3.83. The summed E-state index contributed by atoms with van der Waals surface area (Å²) in [7, 11) is -1.03. The third-order valence-corrected chi connectivity index (χ3v) is 6.58. The van der Waals surface area contributed by atoms with Crippen molar-refractivity contribution < 1.29 is 13.2 Å². The Morgan fingerprint density at radius 3 is 2.57 bits per heavy atom. The summed E-state index contributed by atoms with van der Waals surface area (Å²) >= 11 is 0. The van der Waals surface area contributed by atoms with E-state index in [-0.39, 0.29) is 29.5 Å². The Hall–Kier alpha value is -1.63. The van der Waals surface area contributed by atoms with Crippen LogP contribution < -0.4 is 10.2 Å². The average Bonchev–Trinajstić information content (AvgIpc) is 3.16. The number of hydrogen-bond donors (Lipinski definition) is 1. The number of pyridine rings is 1. The van der Waals surface area contributed by atoms with Crippen LogP contribution in [0.15, 0.2) is 18.3 Å². The van der Waals surface area contributed by atoms with Crippen LogP contribution in [0.2, 0.25) is 0 Å². The van der Waals surface area contributed by atoms with E-state index in [2.05, 4.69) is 10.3 Å². The van der Waals surface area contributed by atoms with Crippen LogP contribution in [0.5, 0.6) is 0 Å². The Labute approximate surface area is 137 Å². The summed E-state index contributed by atoms with van der Waals surface area (Å²) in [4.78, 5) is 18.3. The highest BCUT2D eigenvalue weighted by Gasteiger charge is 2.31. The smallest absolute Gasteiger partial charge is 0.270 e.